The lowest BCUT2D eigenvalue weighted by Crippen LogP contribution is -2.29. The van der Waals surface area contributed by atoms with Crippen molar-refractivity contribution >= 4 is 15.9 Å². The second-order valence-electron chi connectivity index (χ2n) is 3.76. The van der Waals surface area contributed by atoms with Gasteiger partial charge in [-0.25, -0.2) is 4.39 Å². The molecule has 2 atom stereocenters. The van der Waals surface area contributed by atoms with Crippen molar-refractivity contribution in [2.45, 2.75) is 25.5 Å². The molecule has 0 spiro atoms. The molecule has 1 N–H and O–H groups in total. The summed E-state index contributed by atoms with van der Waals surface area (Å²) < 4.78 is 32.8. The third-order valence-electron chi connectivity index (χ3n) is 2.76. The highest BCUT2D eigenvalue weighted by atomic mass is 79.9. The molecule has 0 saturated heterocycles. The first-order valence-corrected chi connectivity index (χ1v) is 6.02. The van der Waals surface area contributed by atoms with E-state index in [-0.39, 0.29) is 17.9 Å². The molecule has 1 aliphatic heterocycles. The van der Waals surface area contributed by atoms with Crippen LogP contribution in [0.5, 0.6) is 5.75 Å². The predicted molar refractivity (Wildman–Crippen MR) is 61.7 cm³/mol. The van der Waals surface area contributed by atoms with Crippen LogP contribution in [-0.4, -0.2) is 13.2 Å². The summed E-state index contributed by atoms with van der Waals surface area (Å²) in [5.74, 6) is -1.93. The molecule has 0 aromatic heterocycles. The minimum Gasteiger partial charge on any atom is -0.485 e. The molecule has 0 amide bonds. The maximum absolute atomic E-state index is 13.6. The molecule has 1 aliphatic rings. The average Bonchev–Trinajstić information content (AvgIpc) is 2.66. The molecule has 0 saturated carbocycles. The van der Waals surface area contributed by atoms with Crippen LogP contribution in [0.2, 0.25) is 0 Å². The Morgan fingerprint density at radius 3 is 2.82 bits per heavy atom. The fourth-order valence-corrected chi connectivity index (χ4v) is 2.61. The van der Waals surface area contributed by atoms with Crippen molar-refractivity contribution < 1.29 is 18.4 Å². The molecule has 0 bridgehead atoms. The van der Waals surface area contributed by atoms with E-state index in [1.54, 1.807) is 0 Å². The fraction of sp³-hybridized carbons (Fsp3) is 0.455. The lowest BCUT2D eigenvalue weighted by atomic mass is 10.0. The van der Waals surface area contributed by atoms with Crippen LogP contribution in [0.1, 0.15) is 24.9 Å². The first-order chi connectivity index (χ1) is 8.10. The van der Waals surface area contributed by atoms with Crippen molar-refractivity contribution in [1.82, 2.24) is 5.48 Å². The molecule has 1 aromatic carbocycles. The Balaban J connectivity index is 2.51. The molecule has 94 valence electrons. The summed E-state index contributed by atoms with van der Waals surface area (Å²) in [5.41, 5.74) is 3.30. The van der Waals surface area contributed by atoms with E-state index in [4.69, 9.17) is 9.57 Å². The van der Waals surface area contributed by atoms with Gasteiger partial charge in [-0.3, -0.25) is 0 Å². The van der Waals surface area contributed by atoms with Crippen LogP contribution in [0, 0.1) is 11.6 Å². The van der Waals surface area contributed by atoms with Gasteiger partial charge in [0.05, 0.1) is 13.2 Å². The summed E-state index contributed by atoms with van der Waals surface area (Å²) in [5, 5.41) is 0. The van der Waals surface area contributed by atoms with Gasteiger partial charge >= 0.3 is 0 Å². The summed E-state index contributed by atoms with van der Waals surface area (Å²) in [6, 6.07) is 0.782. The summed E-state index contributed by atoms with van der Waals surface area (Å²) in [7, 11) is 1.47. The predicted octanol–water partition coefficient (Wildman–Crippen LogP) is 3.09. The zero-order chi connectivity index (χ0) is 12.6. The molecule has 0 fully saturated rings. The summed E-state index contributed by atoms with van der Waals surface area (Å²) >= 11 is 3.22. The Bertz CT molecular complexity index is 442. The Kier molecular flexibility index (Phi) is 3.65. The van der Waals surface area contributed by atoms with Gasteiger partial charge in [0.25, 0.3) is 0 Å². The van der Waals surface area contributed by atoms with Crippen LogP contribution >= 0.6 is 15.9 Å². The Morgan fingerprint density at radius 2 is 2.24 bits per heavy atom. The Labute approximate surface area is 106 Å². The van der Waals surface area contributed by atoms with Gasteiger partial charge in [0.1, 0.15) is 6.10 Å². The van der Waals surface area contributed by atoms with E-state index in [1.165, 1.54) is 7.11 Å². The van der Waals surface area contributed by atoms with E-state index in [1.807, 2.05) is 6.92 Å². The lowest BCUT2D eigenvalue weighted by molar-refractivity contribution is 0.0277. The zero-order valence-electron chi connectivity index (χ0n) is 9.39. The minimum atomic E-state index is -0.956. The number of hydrogen-bond acceptors (Lipinski definition) is 3. The number of hydroxylamine groups is 1. The molecule has 0 radical (unpaired) electrons. The van der Waals surface area contributed by atoms with Gasteiger partial charge in [0.15, 0.2) is 11.6 Å². The standard InChI is InChI=1S/C11H12BrF2NO2/c1-3-7-10(15-16-2)8-5(12)4-6(13)9(14)11(8)17-7/h4,7,10,15H,3H2,1-2H3. The maximum atomic E-state index is 13.6. The third-order valence-corrected chi connectivity index (χ3v) is 3.42. The quantitative estimate of drug-likeness (QED) is 0.687. The molecule has 2 rings (SSSR count). The second-order valence-corrected chi connectivity index (χ2v) is 4.62. The topological polar surface area (TPSA) is 30.5 Å². The molecular formula is C11H12BrF2NO2. The molecule has 1 aromatic rings. The highest BCUT2D eigenvalue weighted by molar-refractivity contribution is 9.10. The molecule has 2 unspecified atom stereocenters. The Hall–Kier alpha value is -0.720. The molecule has 0 aliphatic carbocycles. The van der Waals surface area contributed by atoms with Gasteiger partial charge in [-0.05, 0) is 12.5 Å². The van der Waals surface area contributed by atoms with Crippen LogP contribution in [0.25, 0.3) is 0 Å². The molecule has 3 nitrogen and oxygen atoms in total. The van der Waals surface area contributed by atoms with Crippen LogP contribution in [-0.2, 0) is 4.84 Å². The molecule has 17 heavy (non-hydrogen) atoms. The highest BCUT2D eigenvalue weighted by Gasteiger charge is 2.38. The average molecular weight is 308 g/mol. The van der Waals surface area contributed by atoms with E-state index < -0.39 is 11.6 Å². The highest BCUT2D eigenvalue weighted by Crippen LogP contribution is 2.44. The number of hydrogen-bond donors (Lipinski definition) is 1. The summed E-state index contributed by atoms with van der Waals surface area (Å²) in [4.78, 5) is 4.87. The monoisotopic (exact) mass is 307 g/mol. The van der Waals surface area contributed by atoms with E-state index in [0.717, 1.165) is 6.07 Å². The van der Waals surface area contributed by atoms with Crippen LogP contribution in [0.4, 0.5) is 8.78 Å². The lowest BCUT2D eigenvalue weighted by Gasteiger charge is -2.17. The van der Waals surface area contributed by atoms with E-state index in [0.29, 0.717) is 16.5 Å². The number of ether oxygens (including phenoxy) is 1. The summed E-state index contributed by atoms with van der Waals surface area (Å²) in [6.45, 7) is 1.91. The molecule has 1 heterocycles. The zero-order valence-corrected chi connectivity index (χ0v) is 11.0. The number of benzene rings is 1. The van der Waals surface area contributed by atoms with E-state index in [9.17, 15) is 8.78 Å². The normalized spacial score (nSPS) is 22.4. The number of nitrogens with one attached hydrogen (secondary N) is 1. The van der Waals surface area contributed by atoms with Crippen molar-refractivity contribution in [3.05, 3.63) is 27.7 Å². The fourth-order valence-electron chi connectivity index (χ4n) is 1.98. The molecular weight excluding hydrogens is 296 g/mol. The smallest absolute Gasteiger partial charge is 0.201 e. The van der Waals surface area contributed by atoms with E-state index in [2.05, 4.69) is 21.4 Å². The van der Waals surface area contributed by atoms with Crippen molar-refractivity contribution in [1.29, 1.82) is 0 Å². The first-order valence-electron chi connectivity index (χ1n) is 5.22. The maximum Gasteiger partial charge on any atom is 0.201 e. The van der Waals surface area contributed by atoms with Crippen molar-refractivity contribution in [2.24, 2.45) is 0 Å². The SMILES string of the molecule is CCC1Oc2c(F)c(F)cc(Br)c2C1NOC. The largest absolute Gasteiger partial charge is 0.485 e. The van der Waals surface area contributed by atoms with Gasteiger partial charge in [0, 0.05) is 10.0 Å². The van der Waals surface area contributed by atoms with Crippen LogP contribution in [0.15, 0.2) is 10.5 Å². The number of halogens is 3. The van der Waals surface area contributed by atoms with Crippen molar-refractivity contribution in [3.63, 3.8) is 0 Å². The molecule has 6 heteroatoms. The van der Waals surface area contributed by atoms with Crippen LogP contribution < -0.4 is 10.2 Å². The number of rotatable bonds is 3. The minimum absolute atomic E-state index is 0.0433. The van der Waals surface area contributed by atoms with Crippen molar-refractivity contribution in [3.8, 4) is 5.75 Å². The number of fused-ring (bicyclic) bond motifs is 1. The van der Waals surface area contributed by atoms with Gasteiger partial charge < -0.3 is 9.57 Å². The first kappa shape index (κ1) is 12.7. The van der Waals surface area contributed by atoms with Crippen molar-refractivity contribution in [2.75, 3.05) is 7.11 Å². The van der Waals surface area contributed by atoms with E-state index >= 15 is 0 Å². The third kappa shape index (κ3) is 2.05. The van der Waals surface area contributed by atoms with Gasteiger partial charge in [-0.15, -0.1) is 0 Å². The second kappa shape index (κ2) is 4.88. The van der Waals surface area contributed by atoms with Gasteiger partial charge in [0.2, 0.25) is 5.82 Å². The van der Waals surface area contributed by atoms with Gasteiger partial charge in [-0.1, -0.05) is 22.9 Å². The van der Waals surface area contributed by atoms with Gasteiger partial charge in [-0.2, -0.15) is 9.87 Å². The summed E-state index contributed by atoms with van der Waals surface area (Å²) in [6.07, 6.45) is 0.376. The Morgan fingerprint density at radius 1 is 1.53 bits per heavy atom. The van der Waals surface area contributed by atoms with Crippen LogP contribution in [0.3, 0.4) is 0 Å².